The number of benzene rings is 2. The highest BCUT2D eigenvalue weighted by atomic mass is 127. The van der Waals surface area contributed by atoms with Gasteiger partial charge in [-0.3, -0.25) is 9.79 Å². The molecule has 3 rings (SSSR count). The summed E-state index contributed by atoms with van der Waals surface area (Å²) in [5.41, 5.74) is 3.19. The molecule has 8 heteroatoms. The monoisotopic (exact) mass is 524 g/mol. The van der Waals surface area contributed by atoms with Gasteiger partial charge in [0.2, 0.25) is 5.91 Å². The molecule has 1 amide bonds. The highest BCUT2D eigenvalue weighted by molar-refractivity contribution is 14.0. The maximum Gasteiger partial charge on any atom is 0.225 e. The average Bonchev–Trinajstić information content (AvgIpc) is 2.75. The molecule has 30 heavy (non-hydrogen) atoms. The zero-order valence-corrected chi connectivity index (χ0v) is 19.9. The third kappa shape index (κ3) is 6.01. The number of carbonyl (C=O) groups is 1. The number of aliphatic imine (C=N–C) groups is 1. The van der Waals surface area contributed by atoms with Crippen LogP contribution >= 0.6 is 24.0 Å². The van der Waals surface area contributed by atoms with Crippen LogP contribution in [0.2, 0.25) is 0 Å². The molecule has 0 saturated carbocycles. The molecular weight excluding hydrogens is 495 g/mol. The van der Waals surface area contributed by atoms with Crippen LogP contribution in [0.15, 0.2) is 47.5 Å². The predicted molar refractivity (Wildman–Crippen MR) is 130 cm³/mol. The molecule has 3 N–H and O–H groups in total. The molecule has 1 atom stereocenters. The molecule has 162 valence electrons. The van der Waals surface area contributed by atoms with Gasteiger partial charge in [-0.15, -0.1) is 24.0 Å². The van der Waals surface area contributed by atoms with E-state index in [1.54, 1.807) is 21.3 Å². The van der Waals surface area contributed by atoms with Crippen LogP contribution in [-0.4, -0.2) is 46.2 Å². The van der Waals surface area contributed by atoms with Crippen molar-refractivity contribution in [2.45, 2.75) is 18.8 Å². The lowest BCUT2D eigenvalue weighted by atomic mass is 9.90. The summed E-state index contributed by atoms with van der Waals surface area (Å²) >= 11 is 0. The van der Waals surface area contributed by atoms with Gasteiger partial charge in [0.15, 0.2) is 17.5 Å². The van der Waals surface area contributed by atoms with Gasteiger partial charge in [0.1, 0.15) is 0 Å². The van der Waals surface area contributed by atoms with Gasteiger partial charge in [-0.25, -0.2) is 0 Å². The number of nitrogens with zero attached hydrogens (tertiary/aromatic N) is 1. The standard InChI is InChI=1S/C22H28N4O3.HI/c1-23-22(24-11-10-15-8-9-19(28-2)20(12-15)29-3)25-14-16-13-21(27)26-18-7-5-4-6-17(16)18;/h4-9,12,16H,10-11,13-14H2,1-3H3,(H,26,27)(H2,23,24,25);1H. The fourth-order valence-corrected chi connectivity index (χ4v) is 3.49. The zero-order valence-electron chi connectivity index (χ0n) is 17.5. The average molecular weight is 524 g/mol. The summed E-state index contributed by atoms with van der Waals surface area (Å²) in [6.07, 6.45) is 1.28. The SMILES string of the molecule is CN=C(NCCc1ccc(OC)c(OC)c1)NCC1CC(=O)Nc2ccccc21.I. The largest absolute Gasteiger partial charge is 0.493 e. The number of fused-ring (bicyclic) bond motifs is 1. The lowest BCUT2D eigenvalue weighted by molar-refractivity contribution is -0.116. The van der Waals surface area contributed by atoms with Crippen molar-refractivity contribution in [1.29, 1.82) is 0 Å². The topological polar surface area (TPSA) is 84.0 Å². The molecule has 0 fully saturated rings. The molecule has 0 spiro atoms. The van der Waals surface area contributed by atoms with Crippen molar-refractivity contribution in [3.8, 4) is 11.5 Å². The van der Waals surface area contributed by atoms with Crippen LogP contribution in [-0.2, 0) is 11.2 Å². The Labute approximate surface area is 194 Å². The van der Waals surface area contributed by atoms with Crippen molar-refractivity contribution in [2.75, 3.05) is 39.7 Å². The van der Waals surface area contributed by atoms with Crippen molar-refractivity contribution in [3.63, 3.8) is 0 Å². The van der Waals surface area contributed by atoms with Crippen LogP contribution in [0.1, 0.15) is 23.5 Å². The number of ether oxygens (including phenoxy) is 2. The maximum atomic E-state index is 12.0. The molecule has 2 aromatic carbocycles. The van der Waals surface area contributed by atoms with Crippen LogP contribution in [0, 0.1) is 0 Å². The van der Waals surface area contributed by atoms with E-state index >= 15 is 0 Å². The Morgan fingerprint density at radius 2 is 1.90 bits per heavy atom. The predicted octanol–water partition coefficient (Wildman–Crippen LogP) is 3.16. The van der Waals surface area contributed by atoms with E-state index in [1.165, 1.54) is 0 Å². The first kappa shape index (κ1) is 23.8. The Bertz CT molecular complexity index is 888. The Morgan fingerprint density at radius 3 is 2.63 bits per heavy atom. The highest BCUT2D eigenvalue weighted by Gasteiger charge is 2.24. The second kappa shape index (κ2) is 11.6. The number of rotatable bonds is 7. The van der Waals surface area contributed by atoms with E-state index < -0.39 is 0 Å². The van der Waals surface area contributed by atoms with Gasteiger partial charge < -0.3 is 25.4 Å². The molecule has 0 saturated heterocycles. The van der Waals surface area contributed by atoms with E-state index in [2.05, 4.69) is 27.0 Å². The van der Waals surface area contributed by atoms with Gasteiger partial charge in [-0.2, -0.15) is 0 Å². The number of methoxy groups -OCH3 is 2. The third-order valence-corrected chi connectivity index (χ3v) is 5.00. The normalized spacial score (nSPS) is 15.4. The molecule has 1 unspecified atom stereocenters. The lowest BCUT2D eigenvalue weighted by Gasteiger charge is -2.26. The number of carbonyl (C=O) groups excluding carboxylic acids is 1. The lowest BCUT2D eigenvalue weighted by Crippen LogP contribution is -2.41. The van der Waals surface area contributed by atoms with Crippen LogP contribution in [0.4, 0.5) is 5.69 Å². The number of amides is 1. The van der Waals surface area contributed by atoms with E-state index in [4.69, 9.17) is 9.47 Å². The Morgan fingerprint density at radius 1 is 1.13 bits per heavy atom. The second-order valence-corrected chi connectivity index (χ2v) is 6.86. The molecule has 0 radical (unpaired) electrons. The van der Waals surface area contributed by atoms with E-state index in [0.29, 0.717) is 18.9 Å². The summed E-state index contributed by atoms with van der Waals surface area (Å²) < 4.78 is 10.6. The maximum absolute atomic E-state index is 12.0. The molecule has 7 nitrogen and oxygen atoms in total. The third-order valence-electron chi connectivity index (χ3n) is 5.00. The van der Waals surface area contributed by atoms with Gasteiger partial charge in [0.25, 0.3) is 0 Å². The minimum atomic E-state index is 0. The number of nitrogens with one attached hydrogen (secondary N) is 3. The number of hydrogen-bond donors (Lipinski definition) is 3. The number of halogens is 1. The Balaban J connectivity index is 0.00000320. The quantitative estimate of drug-likeness (QED) is 0.295. The van der Waals surface area contributed by atoms with Gasteiger partial charge in [-0.05, 0) is 35.7 Å². The fourth-order valence-electron chi connectivity index (χ4n) is 3.49. The van der Waals surface area contributed by atoms with E-state index in [9.17, 15) is 4.79 Å². The van der Waals surface area contributed by atoms with E-state index in [1.807, 2.05) is 36.4 Å². The van der Waals surface area contributed by atoms with Crippen molar-refractivity contribution in [3.05, 3.63) is 53.6 Å². The molecule has 0 aromatic heterocycles. The first-order valence-corrected chi connectivity index (χ1v) is 9.68. The molecule has 1 aliphatic heterocycles. The Kier molecular flexibility index (Phi) is 9.22. The summed E-state index contributed by atoms with van der Waals surface area (Å²) in [5.74, 6) is 2.32. The summed E-state index contributed by atoms with van der Waals surface area (Å²) in [7, 11) is 5.01. The first-order chi connectivity index (χ1) is 14.1. The van der Waals surface area contributed by atoms with E-state index in [-0.39, 0.29) is 35.8 Å². The van der Waals surface area contributed by atoms with Crippen LogP contribution in [0.3, 0.4) is 0 Å². The van der Waals surface area contributed by atoms with Crippen molar-refractivity contribution >= 4 is 41.5 Å². The molecule has 1 aliphatic rings. The van der Waals surface area contributed by atoms with Crippen molar-refractivity contribution in [1.82, 2.24) is 10.6 Å². The van der Waals surface area contributed by atoms with Crippen LogP contribution in [0.5, 0.6) is 11.5 Å². The highest BCUT2D eigenvalue weighted by Crippen LogP contribution is 2.31. The number of hydrogen-bond acceptors (Lipinski definition) is 4. The first-order valence-electron chi connectivity index (χ1n) is 9.68. The van der Waals surface area contributed by atoms with Gasteiger partial charge in [-0.1, -0.05) is 24.3 Å². The van der Waals surface area contributed by atoms with Crippen LogP contribution < -0.4 is 25.4 Å². The number of para-hydroxylation sites is 1. The summed E-state index contributed by atoms with van der Waals surface area (Å²) in [5, 5.41) is 9.60. The molecule has 0 bridgehead atoms. The van der Waals surface area contributed by atoms with Crippen LogP contribution in [0.25, 0.3) is 0 Å². The molecule has 2 aromatic rings. The molecule has 1 heterocycles. The van der Waals surface area contributed by atoms with Gasteiger partial charge in [0.05, 0.1) is 14.2 Å². The second-order valence-electron chi connectivity index (χ2n) is 6.86. The summed E-state index contributed by atoms with van der Waals surface area (Å²) in [4.78, 5) is 16.3. The van der Waals surface area contributed by atoms with E-state index in [0.717, 1.165) is 41.3 Å². The summed E-state index contributed by atoms with van der Waals surface area (Å²) in [6, 6.07) is 13.9. The number of guanidine groups is 1. The number of anilines is 1. The fraction of sp³-hybridized carbons (Fsp3) is 0.364. The molecular formula is C22H29IN4O3. The van der Waals surface area contributed by atoms with Crippen molar-refractivity contribution in [2.24, 2.45) is 4.99 Å². The zero-order chi connectivity index (χ0) is 20.6. The minimum Gasteiger partial charge on any atom is -0.493 e. The van der Waals surface area contributed by atoms with Crippen molar-refractivity contribution < 1.29 is 14.3 Å². The smallest absolute Gasteiger partial charge is 0.225 e. The van der Waals surface area contributed by atoms with Gasteiger partial charge in [0, 0.05) is 38.2 Å². The summed E-state index contributed by atoms with van der Waals surface area (Å²) in [6.45, 7) is 1.36. The molecule has 0 aliphatic carbocycles. The Hall–Kier alpha value is -2.49. The minimum absolute atomic E-state index is 0. The van der Waals surface area contributed by atoms with Gasteiger partial charge >= 0.3 is 0 Å².